The van der Waals surface area contributed by atoms with Crippen molar-refractivity contribution in [1.29, 1.82) is 0 Å². The van der Waals surface area contributed by atoms with Crippen molar-refractivity contribution in [3.05, 3.63) is 89.7 Å². The fourth-order valence-corrected chi connectivity index (χ4v) is 4.32. The summed E-state index contributed by atoms with van der Waals surface area (Å²) in [5, 5.41) is 2.61. The molecule has 0 atom stereocenters. The molecule has 0 aromatic heterocycles. The molecule has 0 spiro atoms. The van der Waals surface area contributed by atoms with Gasteiger partial charge in [0.05, 0.1) is 17.1 Å². The maximum atomic E-state index is 13.6. The number of carbonyl (C=O) groups excluding carboxylic acids is 1. The predicted molar refractivity (Wildman–Crippen MR) is 112 cm³/mol. The lowest BCUT2D eigenvalue weighted by Crippen LogP contribution is -2.30. The number of anilines is 2. The molecular weight excluding hydrogens is 391 g/mol. The van der Waals surface area contributed by atoms with Gasteiger partial charge in [-0.05, 0) is 61.0 Å². The number of amides is 1. The van der Waals surface area contributed by atoms with Crippen molar-refractivity contribution in [3.8, 4) is 0 Å². The molecule has 0 radical (unpaired) electrons. The number of hydrogen-bond donors (Lipinski definition) is 1. The highest BCUT2D eigenvalue weighted by atomic mass is 32.2. The number of aryl methyl sites for hydroxylation is 1. The highest BCUT2D eigenvalue weighted by Crippen LogP contribution is 2.27. The zero-order valence-electron chi connectivity index (χ0n) is 16.1. The average molecular weight is 412 g/mol. The standard InChI is InChI=1S/C22H21FN2O3S/c1-16-6-10-21(11-7-16)25(15-18-4-3-5-19(23)14-18)29(27,28)22-12-8-20(9-13-22)24-17(2)26/h3-14H,15H2,1-2H3,(H,24,26). The molecule has 0 saturated carbocycles. The molecule has 0 aliphatic carbocycles. The molecular formula is C22H21FN2O3S. The molecule has 0 aliphatic heterocycles. The summed E-state index contributed by atoms with van der Waals surface area (Å²) in [6.45, 7) is 3.27. The van der Waals surface area contributed by atoms with Crippen LogP contribution in [0.4, 0.5) is 15.8 Å². The zero-order valence-corrected chi connectivity index (χ0v) is 16.9. The molecule has 0 bridgehead atoms. The summed E-state index contributed by atoms with van der Waals surface area (Å²) in [6.07, 6.45) is 0. The molecule has 3 rings (SSSR count). The summed E-state index contributed by atoms with van der Waals surface area (Å²) in [7, 11) is -3.93. The Labute approximate surface area is 169 Å². The van der Waals surface area contributed by atoms with Gasteiger partial charge >= 0.3 is 0 Å². The van der Waals surface area contributed by atoms with Crippen LogP contribution in [0.25, 0.3) is 0 Å². The van der Waals surface area contributed by atoms with Crippen molar-refractivity contribution in [2.24, 2.45) is 0 Å². The van der Waals surface area contributed by atoms with Gasteiger partial charge in [0.25, 0.3) is 10.0 Å². The monoisotopic (exact) mass is 412 g/mol. The van der Waals surface area contributed by atoms with E-state index in [9.17, 15) is 17.6 Å². The van der Waals surface area contributed by atoms with Crippen LogP contribution in [0, 0.1) is 12.7 Å². The molecule has 0 saturated heterocycles. The molecule has 3 aromatic carbocycles. The Morgan fingerprint density at radius 2 is 1.66 bits per heavy atom. The predicted octanol–water partition coefficient (Wildman–Crippen LogP) is 4.49. The fraction of sp³-hybridized carbons (Fsp3) is 0.136. The van der Waals surface area contributed by atoms with Crippen molar-refractivity contribution in [2.75, 3.05) is 9.62 Å². The Bertz CT molecular complexity index is 1110. The largest absolute Gasteiger partial charge is 0.326 e. The second-order valence-corrected chi connectivity index (χ2v) is 8.55. The zero-order chi connectivity index (χ0) is 21.0. The summed E-state index contributed by atoms with van der Waals surface area (Å²) in [5.74, 6) is -0.670. The van der Waals surface area contributed by atoms with Gasteiger partial charge in [-0.25, -0.2) is 12.8 Å². The number of nitrogens with one attached hydrogen (secondary N) is 1. The smallest absolute Gasteiger partial charge is 0.264 e. The van der Waals surface area contributed by atoms with Crippen molar-refractivity contribution in [3.63, 3.8) is 0 Å². The number of hydrogen-bond acceptors (Lipinski definition) is 3. The summed E-state index contributed by atoms with van der Waals surface area (Å²) < 4.78 is 41.7. The third-order valence-corrected chi connectivity index (χ3v) is 6.09. The lowest BCUT2D eigenvalue weighted by atomic mass is 10.2. The Hall–Kier alpha value is -3.19. The third-order valence-electron chi connectivity index (χ3n) is 4.30. The molecule has 3 aromatic rings. The molecule has 1 N–H and O–H groups in total. The molecule has 29 heavy (non-hydrogen) atoms. The van der Waals surface area contributed by atoms with Gasteiger partial charge in [-0.3, -0.25) is 9.10 Å². The Morgan fingerprint density at radius 3 is 2.24 bits per heavy atom. The maximum Gasteiger partial charge on any atom is 0.264 e. The number of halogens is 1. The van der Waals surface area contributed by atoms with Gasteiger partial charge < -0.3 is 5.32 Å². The lowest BCUT2D eigenvalue weighted by Gasteiger charge is -2.25. The molecule has 7 heteroatoms. The van der Waals surface area contributed by atoms with Crippen LogP contribution in [-0.4, -0.2) is 14.3 Å². The van der Waals surface area contributed by atoms with E-state index in [0.717, 1.165) is 5.56 Å². The Balaban J connectivity index is 2.01. The van der Waals surface area contributed by atoms with Crippen LogP contribution in [0.15, 0.2) is 77.7 Å². The molecule has 150 valence electrons. The molecule has 0 unspecified atom stereocenters. The van der Waals surface area contributed by atoms with Crippen LogP contribution < -0.4 is 9.62 Å². The quantitative estimate of drug-likeness (QED) is 0.649. The summed E-state index contributed by atoms with van der Waals surface area (Å²) >= 11 is 0. The number of sulfonamides is 1. The summed E-state index contributed by atoms with van der Waals surface area (Å²) in [4.78, 5) is 11.3. The van der Waals surface area contributed by atoms with Crippen molar-refractivity contribution in [2.45, 2.75) is 25.3 Å². The maximum absolute atomic E-state index is 13.6. The Kier molecular flexibility index (Phi) is 5.98. The molecule has 0 heterocycles. The van der Waals surface area contributed by atoms with Gasteiger partial charge in [0.15, 0.2) is 0 Å². The first kappa shape index (κ1) is 20.5. The average Bonchev–Trinajstić information content (AvgIpc) is 2.67. The normalized spacial score (nSPS) is 11.1. The van der Waals surface area contributed by atoms with Crippen LogP contribution in [0.2, 0.25) is 0 Å². The fourth-order valence-electron chi connectivity index (χ4n) is 2.87. The van der Waals surface area contributed by atoms with Crippen LogP contribution in [0.1, 0.15) is 18.1 Å². The van der Waals surface area contributed by atoms with Gasteiger partial charge in [-0.2, -0.15) is 0 Å². The molecule has 1 amide bonds. The van der Waals surface area contributed by atoms with Gasteiger partial charge in [-0.15, -0.1) is 0 Å². The van der Waals surface area contributed by atoms with E-state index in [4.69, 9.17) is 0 Å². The Morgan fingerprint density at radius 1 is 1.00 bits per heavy atom. The van der Waals surface area contributed by atoms with Crippen molar-refractivity contribution in [1.82, 2.24) is 0 Å². The van der Waals surface area contributed by atoms with E-state index in [1.54, 1.807) is 24.3 Å². The molecule has 0 aliphatic rings. The first-order chi connectivity index (χ1) is 13.8. The van der Waals surface area contributed by atoms with Crippen LogP contribution >= 0.6 is 0 Å². The minimum Gasteiger partial charge on any atom is -0.326 e. The highest BCUT2D eigenvalue weighted by molar-refractivity contribution is 7.92. The third kappa shape index (κ3) is 5.00. The second kappa shape index (κ2) is 8.45. The SMILES string of the molecule is CC(=O)Nc1ccc(S(=O)(=O)N(Cc2cccc(F)c2)c2ccc(C)cc2)cc1. The van der Waals surface area contributed by atoms with Gasteiger partial charge in [0, 0.05) is 12.6 Å². The highest BCUT2D eigenvalue weighted by Gasteiger charge is 2.25. The first-order valence-electron chi connectivity index (χ1n) is 8.97. The molecule has 0 fully saturated rings. The molecule has 5 nitrogen and oxygen atoms in total. The van der Waals surface area contributed by atoms with Crippen molar-refractivity contribution >= 4 is 27.3 Å². The van der Waals surface area contributed by atoms with Crippen LogP contribution in [0.5, 0.6) is 0 Å². The minimum atomic E-state index is -3.93. The van der Waals surface area contributed by atoms with Crippen molar-refractivity contribution < 1.29 is 17.6 Å². The van der Waals surface area contributed by atoms with E-state index in [0.29, 0.717) is 16.9 Å². The van der Waals surface area contributed by atoms with E-state index < -0.39 is 15.8 Å². The van der Waals surface area contributed by atoms with E-state index >= 15 is 0 Å². The lowest BCUT2D eigenvalue weighted by molar-refractivity contribution is -0.114. The number of benzene rings is 3. The minimum absolute atomic E-state index is 0.0173. The summed E-state index contributed by atoms with van der Waals surface area (Å²) in [5.41, 5.74) is 2.51. The van der Waals surface area contributed by atoms with E-state index in [1.165, 1.54) is 47.6 Å². The van der Waals surface area contributed by atoms with E-state index in [-0.39, 0.29) is 17.3 Å². The topological polar surface area (TPSA) is 66.5 Å². The number of nitrogens with zero attached hydrogens (tertiary/aromatic N) is 1. The first-order valence-corrected chi connectivity index (χ1v) is 10.4. The van der Waals surface area contributed by atoms with E-state index in [1.807, 2.05) is 19.1 Å². The van der Waals surface area contributed by atoms with Gasteiger partial charge in [0.1, 0.15) is 5.82 Å². The second-order valence-electron chi connectivity index (χ2n) is 6.68. The van der Waals surface area contributed by atoms with E-state index in [2.05, 4.69) is 5.32 Å². The van der Waals surface area contributed by atoms with Crippen LogP contribution in [0.3, 0.4) is 0 Å². The number of rotatable bonds is 6. The van der Waals surface area contributed by atoms with Gasteiger partial charge in [-0.1, -0.05) is 29.8 Å². The van der Waals surface area contributed by atoms with Crippen LogP contribution in [-0.2, 0) is 21.4 Å². The van der Waals surface area contributed by atoms with Gasteiger partial charge in [0.2, 0.25) is 5.91 Å². The number of carbonyl (C=O) groups is 1. The summed E-state index contributed by atoms with van der Waals surface area (Å²) in [6, 6.07) is 18.9.